The van der Waals surface area contributed by atoms with E-state index in [-0.39, 0.29) is 17.9 Å². The van der Waals surface area contributed by atoms with E-state index in [0.29, 0.717) is 48.5 Å². The van der Waals surface area contributed by atoms with Crippen LogP contribution in [0.5, 0.6) is 0 Å². The molecule has 3 rings (SSSR count). The van der Waals surface area contributed by atoms with Gasteiger partial charge < -0.3 is 19.9 Å². The van der Waals surface area contributed by atoms with Crippen molar-refractivity contribution in [3.63, 3.8) is 0 Å². The largest absolute Gasteiger partial charge is 0.444 e. The number of nitrogens with zero attached hydrogens (tertiary/aromatic N) is 3. The van der Waals surface area contributed by atoms with Crippen molar-refractivity contribution in [2.24, 2.45) is 0 Å². The van der Waals surface area contributed by atoms with Gasteiger partial charge in [-0.15, -0.1) is 11.3 Å². The van der Waals surface area contributed by atoms with Crippen LogP contribution in [-0.2, 0) is 22.5 Å². The highest BCUT2D eigenvalue weighted by Crippen LogP contribution is 2.25. The van der Waals surface area contributed by atoms with Gasteiger partial charge in [0.2, 0.25) is 5.91 Å². The Hall–Kier alpha value is -3.27. The molecule has 188 valence electrons. The molecule has 0 aliphatic rings. The van der Waals surface area contributed by atoms with Crippen molar-refractivity contribution in [1.29, 1.82) is 0 Å². The molecule has 35 heavy (non-hydrogen) atoms. The van der Waals surface area contributed by atoms with Gasteiger partial charge in [0.25, 0.3) is 5.56 Å². The molecule has 10 heteroatoms. The molecule has 0 saturated heterocycles. The molecule has 0 atom stereocenters. The van der Waals surface area contributed by atoms with Crippen LogP contribution in [0, 0.1) is 13.8 Å². The van der Waals surface area contributed by atoms with Crippen LogP contribution in [0.25, 0.3) is 10.2 Å². The van der Waals surface area contributed by atoms with Gasteiger partial charge in [-0.3, -0.25) is 14.6 Å². The summed E-state index contributed by atoms with van der Waals surface area (Å²) in [4.78, 5) is 52.2. The summed E-state index contributed by atoms with van der Waals surface area (Å²) in [5, 5.41) is 3.50. The molecule has 3 aromatic heterocycles. The van der Waals surface area contributed by atoms with Crippen molar-refractivity contribution in [3.8, 4) is 0 Å². The number of nitrogens with one attached hydrogen (secondary N) is 2. The normalized spacial score (nSPS) is 11.5. The number of rotatable bonds is 9. The average Bonchev–Trinajstić information content (AvgIpc) is 3.07. The maximum Gasteiger partial charge on any atom is 0.410 e. The molecule has 0 fully saturated rings. The van der Waals surface area contributed by atoms with Gasteiger partial charge in [-0.05, 0) is 58.2 Å². The number of carbonyl (C=O) groups is 2. The number of aromatic nitrogens is 3. The summed E-state index contributed by atoms with van der Waals surface area (Å²) in [6, 6.07) is 3.73. The Morgan fingerprint density at radius 2 is 2.03 bits per heavy atom. The van der Waals surface area contributed by atoms with Crippen LogP contribution < -0.4 is 10.9 Å². The van der Waals surface area contributed by atoms with Crippen molar-refractivity contribution in [3.05, 3.63) is 56.7 Å². The number of ether oxygens (including phenoxy) is 1. The number of amides is 2. The quantitative estimate of drug-likeness (QED) is 0.432. The molecule has 2 amide bonds. The fourth-order valence-electron chi connectivity index (χ4n) is 3.51. The molecule has 2 N–H and O–H groups in total. The van der Waals surface area contributed by atoms with Gasteiger partial charge in [0, 0.05) is 43.2 Å². The molecule has 9 nitrogen and oxygen atoms in total. The van der Waals surface area contributed by atoms with Gasteiger partial charge in [-0.2, -0.15) is 0 Å². The van der Waals surface area contributed by atoms with E-state index in [9.17, 15) is 14.4 Å². The fraction of sp³-hybridized carbons (Fsp3) is 0.480. The predicted molar refractivity (Wildman–Crippen MR) is 137 cm³/mol. The van der Waals surface area contributed by atoms with Crippen LogP contribution in [0.15, 0.2) is 29.3 Å². The second-order valence-corrected chi connectivity index (χ2v) is 10.6. The first-order valence-electron chi connectivity index (χ1n) is 11.7. The molecule has 0 aromatic carbocycles. The van der Waals surface area contributed by atoms with E-state index in [1.54, 1.807) is 17.3 Å². The second kappa shape index (κ2) is 11.4. The first-order chi connectivity index (χ1) is 16.5. The molecule has 0 radical (unpaired) electrons. The van der Waals surface area contributed by atoms with Gasteiger partial charge in [0.1, 0.15) is 16.3 Å². The zero-order valence-corrected chi connectivity index (χ0v) is 21.8. The third kappa shape index (κ3) is 7.61. The Morgan fingerprint density at radius 3 is 2.71 bits per heavy atom. The highest BCUT2D eigenvalue weighted by atomic mass is 32.1. The second-order valence-electron chi connectivity index (χ2n) is 9.44. The van der Waals surface area contributed by atoms with Crippen LogP contribution in [-0.4, -0.2) is 50.5 Å². The minimum Gasteiger partial charge on any atom is -0.444 e. The third-order valence-corrected chi connectivity index (χ3v) is 6.45. The summed E-state index contributed by atoms with van der Waals surface area (Å²) in [6.45, 7) is 10.6. The van der Waals surface area contributed by atoms with E-state index >= 15 is 0 Å². The van der Waals surface area contributed by atoms with E-state index in [2.05, 4.69) is 20.3 Å². The molecule has 0 spiro atoms. The molecule has 0 saturated carbocycles. The summed E-state index contributed by atoms with van der Waals surface area (Å²) >= 11 is 1.49. The smallest absolute Gasteiger partial charge is 0.410 e. The van der Waals surface area contributed by atoms with E-state index in [4.69, 9.17) is 4.74 Å². The summed E-state index contributed by atoms with van der Waals surface area (Å²) in [6.07, 6.45) is 4.12. The lowest BCUT2D eigenvalue weighted by molar-refractivity contribution is -0.121. The van der Waals surface area contributed by atoms with Crippen LogP contribution >= 0.6 is 11.3 Å². The first-order valence-corrected chi connectivity index (χ1v) is 12.5. The summed E-state index contributed by atoms with van der Waals surface area (Å²) in [5.41, 5.74) is 1.09. The SMILES string of the molecule is Cc1sc2nc(CCC(=O)NCCCN(Cc3cccnc3)C(=O)OC(C)(C)C)[nH]c(=O)c2c1C. The highest BCUT2D eigenvalue weighted by molar-refractivity contribution is 7.18. The van der Waals surface area contributed by atoms with Gasteiger partial charge in [-0.1, -0.05) is 6.07 Å². The molecular weight excluding hydrogens is 466 g/mol. The predicted octanol–water partition coefficient (Wildman–Crippen LogP) is 3.87. The van der Waals surface area contributed by atoms with Crippen LogP contribution in [0.3, 0.4) is 0 Å². The number of thiophene rings is 1. The Bertz CT molecular complexity index is 1230. The molecule has 0 aliphatic carbocycles. The van der Waals surface area contributed by atoms with Crippen molar-refractivity contribution < 1.29 is 14.3 Å². The van der Waals surface area contributed by atoms with E-state index in [1.807, 2.05) is 46.8 Å². The fourth-order valence-corrected chi connectivity index (χ4v) is 4.56. The minimum atomic E-state index is -0.600. The summed E-state index contributed by atoms with van der Waals surface area (Å²) in [5.74, 6) is 0.369. The number of carbonyl (C=O) groups excluding carboxylic acids is 2. The van der Waals surface area contributed by atoms with E-state index < -0.39 is 11.7 Å². The standard InChI is InChI=1S/C25H33N5O4S/c1-16-17(2)35-23-21(16)22(32)28-19(29-23)9-10-20(31)27-12-7-13-30(24(33)34-25(3,4)5)15-18-8-6-11-26-14-18/h6,8,11,14H,7,9-10,12-13,15H2,1-5H3,(H,27,31)(H,28,29,32). The maximum atomic E-state index is 12.7. The van der Waals surface area contributed by atoms with Gasteiger partial charge in [0.05, 0.1) is 11.9 Å². The zero-order valence-electron chi connectivity index (χ0n) is 20.9. The average molecular weight is 500 g/mol. The van der Waals surface area contributed by atoms with E-state index in [1.165, 1.54) is 11.3 Å². The van der Waals surface area contributed by atoms with Gasteiger partial charge in [0.15, 0.2) is 0 Å². The molecule has 3 heterocycles. The number of hydrogen-bond donors (Lipinski definition) is 2. The third-order valence-electron chi connectivity index (χ3n) is 5.35. The summed E-state index contributed by atoms with van der Waals surface area (Å²) in [7, 11) is 0. The Balaban J connectivity index is 1.49. The molecule has 0 aliphatic heterocycles. The van der Waals surface area contributed by atoms with Crippen molar-refractivity contribution in [1.82, 2.24) is 25.2 Å². The zero-order chi connectivity index (χ0) is 25.6. The number of aryl methyl sites for hydroxylation is 3. The number of fused-ring (bicyclic) bond motifs is 1. The van der Waals surface area contributed by atoms with Crippen LogP contribution in [0.1, 0.15) is 55.4 Å². The number of pyridine rings is 1. The van der Waals surface area contributed by atoms with Crippen molar-refractivity contribution >= 4 is 33.6 Å². The number of H-pyrrole nitrogens is 1. The summed E-state index contributed by atoms with van der Waals surface area (Å²) < 4.78 is 5.53. The Morgan fingerprint density at radius 1 is 1.26 bits per heavy atom. The van der Waals surface area contributed by atoms with Gasteiger partial charge in [-0.25, -0.2) is 9.78 Å². The molecule has 3 aromatic rings. The highest BCUT2D eigenvalue weighted by Gasteiger charge is 2.22. The lowest BCUT2D eigenvalue weighted by atomic mass is 10.2. The van der Waals surface area contributed by atoms with Crippen LogP contribution in [0.4, 0.5) is 4.79 Å². The first kappa shape index (κ1) is 26.3. The minimum absolute atomic E-state index is 0.137. The van der Waals surface area contributed by atoms with Crippen molar-refractivity contribution in [2.45, 2.75) is 66.0 Å². The Kier molecular flexibility index (Phi) is 8.61. The molecule has 0 unspecified atom stereocenters. The molecular formula is C25H33N5O4S. The monoisotopic (exact) mass is 499 g/mol. The maximum absolute atomic E-state index is 12.7. The van der Waals surface area contributed by atoms with Gasteiger partial charge >= 0.3 is 6.09 Å². The van der Waals surface area contributed by atoms with E-state index in [0.717, 1.165) is 16.0 Å². The number of aromatic amines is 1. The van der Waals surface area contributed by atoms with Crippen LogP contribution in [0.2, 0.25) is 0 Å². The lowest BCUT2D eigenvalue weighted by Crippen LogP contribution is -2.38. The number of hydrogen-bond acceptors (Lipinski definition) is 7. The molecule has 0 bridgehead atoms. The Labute approximate surface area is 208 Å². The topological polar surface area (TPSA) is 117 Å². The lowest BCUT2D eigenvalue weighted by Gasteiger charge is -2.27. The van der Waals surface area contributed by atoms with Crippen molar-refractivity contribution in [2.75, 3.05) is 13.1 Å².